The normalized spacial score (nSPS) is 14.7. The van der Waals surface area contributed by atoms with E-state index in [-0.39, 0.29) is 0 Å². The SMILES string of the molecule is CCCCCCCC/C=C\CCCCCCCCNC(=O)[C@H](O)[C@@H](O)[C@H](O)[C@H](O)CO.O=S(=O)(O)O.O=S(=O)(O)O. The largest absolute Gasteiger partial charge is 0.394 e. The second-order valence-electron chi connectivity index (χ2n) is 9.30. The molecule has 15 nitrogen and oxygen atoms in total. The molecule has 4 atom stereocenters. The molecule has 0 saturated heterocycles. The Hall–Kier alpha value is -1.25. The molecular formula is C24H51NO14S2. The average Bonchev–Trinajstić information content (AvgIpc) is 2.86. The van der Waals surface area contributed by atoms with Gasteiger partial charge in [0.2, 0.25) is 0 Å². The Morgan fingerprint density at radius 1 is 0.659 bits per heavy atom. The summed E-state index contributed by atoms with van der Waals surface area (Å²) in [5.41, 5.74) is 0. The van der Waals surface area contributed by atoms with E-state index in [1.54, 1.807) is 0 Å². The van der Waals surface area contributed by atoms with Crippen LogP contribution < -0.4 is 5.32 Å². The van der Waals surface area contributed by atoms with Crippen LogP contribution in [0.4, 0.5) is 0 Å². The van der Waals surface area contributed by atoms with Gasteiger partial charge >= 0.3 is 20.8 Å². The Kier molecular flexibility index (Phi) is 29.7. The molecule has 0 unspecified atom stereocenters. The molecule has 0 aliphatic heterocycles. The first-order valence-electron chi connectivity index (χ1n) is 13.6. The monoisotopic (exact) mass is 641 g/mol. The number of carbonyl (C=O) groups is 1. The fraction of sp³-hybridized carbons (Fsp3) is 0.875. The number of unbranched alkanes of at least 4 members (excludes halogenated alkanes) is 12. The highest BCUT2D eigenvalue weighted by atomic mass is 32.3. The van der Waals surface area contributed by atoms with Crippen LogP contribution in [0.5, 0.6) is 0 Å². The Morgan fingerprint density at radius 3 is 1.41 bits per heavy atom. The molecule has 0 saturated carbocycles. The molecule has 0 rings (SSSR count). The molecule has 0 aromatic rings. The molecule has 10 N–H and O–H groups in total. The fourth-order valence-corrected chi connectivity index (χ4v) is 3.37. The van der Waals surface area contributed by atoms with Gasteiger partial charge in [0, 0.05) is 6.54 Å². The molecule has 0 aliphatic rings. The summed E-state index contributed by atoms with van der Waals surface area (Å²) in [4.78, 5) is 11.8. The highest BCUT2D eigenvalue weighted by Crippen LogP contribution is 2.10. The second kappa shape index (κ2) is 27.6. The number of nitrogens with one attached hydrogen (secondary N) is 1. The smallest absolute Gasteiger partial charge is 0.394 e. The number of amides is 1. The van der Waals surface area contributed by atoms with E-state index in [1.807, 2.05) is 0 Å². The molecule has 0 heterocycles. The molecule has 0 radical (unpaired) electrons. The fourth-order valence-electron chi connectivity index (χ4n) is 3.37. The Morgan fingerprint density at radius 2 is 1.02 bits per heavy atom. The van der Waals surface area contributed by atoms with Gasteiger partial charge in [-0.15, -0.1) is 0 Å². The highest BCUT2D eigenvalue weighted by Gasteiger charge is 2.33. The van der Waals surface area contributed by atoms with Crippen LogP contribution >= 0.6 is 0 Å². The lowest BCUT2D eigenvalue weighted by atomic mass is 10.0. The van der Waals surface area contributed by atoms with Crippen molar-refractivity contribution in [2.45, 2.75) is 121 Å². The number of allylic oxidation sites excluding steroid dienone is 2. The highest BCUT2D eigenvalue weighted by molar-refractivity contribution is 7.80. The van der Waals surface area contributed by atoms with E-state index in [2.05, 4.69) is 24.4 Å². The van der Waals surface area contributed by atoms with Gasteiger partial charge in [0.25, 0.3) is 5.91 Å². The van der Waals surface area contributed by atoms with E-state index >= 15 is 0 Å². The van der Waals surface area contributed by atoms with E-state index in [1.165, 1.54) is 57.8 Å². The van der Waals surface area contributed by atoms with Crippen LogP contribution in [-0.2, 0) is 25.6 Å². The predicted molar refractivity (Wildman–Crippen MR) is 152 cm³/mol. The summed E-state index contributed by atoms with van der Waals surface area (Å²) in [6, 6.07) is 0. The van der Waals surface area contributed by atoms with Crippen molar-refractivity contribution in [2.24, 2.45) is 0 Å². The van der Waals surface area contributed by atoms with Gasteiger partial charge in [-0.25, -0.2) is 0 Å². The van der Waals surface area contributed by atoms with Gasteiger partial charge in [-0.3, -0.25) is 23.0 Å². The molecule has 248 valence electrons. The van der Waals surface area contributed by atoms with E-state index in [0.717, 1.165) is 32.1 Å². The van der Waals surface area contributed by atoms with Crippen molar-refractivity contribution in [1.29, 1.82) is 0 Å². The van der Waals surface area contributed by atoms with Gasteiger partial charge in [0.1, 0.15) is 18.3 Å². The van der Waals surface area contributed by atoms with Gasteiger partial charge in [-0.05, 0) is 32.1 Å². The molecule has 0 aliphatic carbocycles. The molecule has 17 heteroatoms. The van der Waals surface area contributed by atoms with Crippen LogP contribution in [-0.4, -0.2) is 104 Å². The van der Waals surface area contributed by atoms with Crippen molar-refractivity contribution in [3.8, 4) is 0 Å². The quantitative estimate of drug-likeness (QED) is 0.0480. The minimum Gasteiger partial charge on any atom is -0.394 e. The summed E-state index contributed by atoms with van der Waals surface area (Å²) in [5, 5.41) is 49.4. The first-order valence-corrected chi connectivity index (χ1v) is 16.4. The first kappa shape index (κ1) is 44.2. The van der Waals surface area contributed by atoms with Crippen molar-refractivity contribution in [3.05, 3.63) is 12.2 Å². The van der Waals surface area contributed by atoms with Gasteiger partial charge in [-0.2, -0.15) is 16.8 Å². The summed E-state index contributed by atoms with van der Waals surface area (Å²) < 4.78 is 63.2. The van der Waals surface area contributed by atoms with Crippen molar-refractivity contribution in [2.75, 3.05) is 13.2 Å². The zero-order chi connectivity index (χ0) is 32.3. The average molecular weight is 642 g/mol. The molecular weight excluding hydrogens is 590 g/mol. The van der Waals surface area contributed by atoms with Crippen LogP contribution in [0.2, 0.25) is 0 Å². The van der Waals surface area contributed by atoms with Crippen LogP contribution in [0, 0.1) is 0 Å². The predicted octanol–water partition coefficient (Wildman–Crippen LogP) is 1.27. The molecule has 41 heavy (non-hydrogen) atoms. The summed E-state index contributed by atoms with van der Waals surface area (Å²) in [6.45, 7) is 1.85. The van der Waals surface area contributed by atoms with E-state index in [4.69, 9.17) is 40.2 Å². The third kappa shape index (κ3) is 40.9. The maximum atomic E-state index is 11.8. The molecule has 0 aromatic carbocycles. The van der Waals surface area contributed by atoms with Crippen LogP contribution in [0.3, 0.4) is 0 Å². The summed E-state index contributed by atoms with van der Waals surface area (Å²) >= 11 is 0. The van der Waals surface area contributed by atoms with Gasteiger partial charge < -0.3 is 30.8 Å². The Balaban J connectivity index is -0.00000122. The lowest BCUT2D eigenvalue weighted by Gasteiger charge is -2.24. The minimum absolute atomic E-state index is 0.377. The van der Waals surface area contributed by atoms with Crippen LogP contribution in [0.25, 0.3) is 0 Å². The number of aliphatic hydroxyl groups is 5. The Bertz CT molecular complexity index is 806. The molecule has 0 bridgehead atoms. The topological polar surface area (TPSA) is 279 Å². The van der Waals surface area contributed by atoms with Crippen LogP contribution in [0.1, 0.15) is 96.8 Å². The van der Waals surface area contributed by atoms with E-state index in [9.17, 15) is 25.2 Å². The number of rotatable bonds is 21. The summed E-state index contributed by atoms with van der Waals surface area (Å²) in [7, 11) is -9.33. The lowest BCUT2D eigenvalue weighted by molar-refractivity contribution is -0.148. The molecule has 0 aromatic heterocycles. The third-order valence-corrected chi connectivity index (χ3v) is 5.51. The van der Waals surface area contributed by atoms with Crippen molar-refractivity contribution in [3.63, 3.8) is 0 Å². The third-order valence-electron chi connectivity index (χ3n) is 5.51. The van der Waals surface area contributed by atoms with E-state index in [0.29, 0.717) is 6.54 Å². The summed E-state index contributed by atoms with van der Waals surface area (Å²) in [6.07, 6.45) is 14.3. The zero-order valence-electron chi connectivity index (χ0n) is 23.7. The lowest BCUT2D eigenvalue weighted by Crippen LogP contribution is -2.51. The van der Waals surface area contributed by atoms with Gasteiger partial charge in [-0.1, -0.05) is 76.9 Å². The first-order chi connectivity index (χ1) is 19.0. The van der Waals surface area contributed by atoms with Gasteiger partial charge in [0.05, 0.1) is 6.61 Å². The molecule has 1 amide bonds. The van der Waals surface area contributed by atoms with Crippen LogP contribution in [0.15, 0.2) is 12.2 Å². The van der Waals surface area contributed by atoms with Crippen molar-refractivity contribution < 1.29 is 65.4 Å². The zero-order valence-corrected chi connectivity index (χ0v) is 25.3. The Labute approximate surface area is 243 Å². The second-order valence-corrected chi connectivity index (χ2v) is 11.1. The van der Waals surface area contributed by atoms with Crippen molar-refractivity contribution in [1.82, 2.24) is 5.32 Å². The number of carbonyl (C=O) groups excluding carboxylic acids is 1. The summed E-state index contributed by atoms with van der Waals surface area (Å²) in [5.74, 6) is -0.801. The number of aliphatic hydroxyl groups excluding tert-OH is 5. The van der Waals surface area contributed by atoms with Crippen molar-refractivity contribution >= 4 is 26.7 Å². The standard InChI is InChI=1S/C24H47NO6.2H2O4S/c1-2-3-4-5-6-7-8-9-10-11-12-13-14-15-16-17-18-25-24(31)23(30)22(29)21(28)20(27)19-26;2*1-5(2,3)4/h9-10,20-23,26-30H,2-8,11-19H2,1H3,(H,25,31);2*(H2,1,2,3,4)/b10-9-;;/t20-,21-,22+,23-;;/m1../s1. The maximum Gasteiger partial charge on any atom is 0.394 e. The maximum absolute atomic E-state index is 11.8. The molecule has 0 fully saturated rings. The van der Waals surface area contributed by atoms with Gasteiger partial charge in [0.15, 0.2) is 6.10 Å². The van der Waals surface area contributed by atoms with E-state index < -0.39 is 57.7 Å². The number of hydrogen-bond acceptors (Lipinski definition) is 10. The number of hydrogen-bond donors (Lipinski definition) is 10. The minimum atomic E-state index is -4.67. The molecule has 0 spiro atoms.